The molecule has 0 aromatic heterocycles. The number of alkyl carbamates (subject to hydrolysis) is 1. The van der Waals surface area contributed by atoms with Crippen molar-refractivity contribution in [2.45, 2.75) is 90.6 Å². The summed E-state index contributed by atoms with van der Waals surface area (Å²) >= 11 is 1.50. The number of aromatic hydroxyl groups is 1. The number of hydrogen-bond acceptors (Lipinski definition) is 8. The molecule has 0 aliphatic heterocycles. The van der Waals surface area contributed by atoms with Gasteiger partial charge < -0.3 is 30.1 Å². The van der Waals surface area contributed by atoms with Gasteiger partial charge in [-0.1, -0.05) is 48.5 Å². The summed E-state index contributed by atoms with van der Waals surface area (Å²) in [5, 5.41) is 16.5. The van der Waals surface area contributed by atoms with Gasteiger partial charge in [0.1, 0.15) is 35.1 Å². The number of carbonyl (C=O) groups excluding carboxylic acids is 4. The second-order valence-corrected chi connectivity index (χ2v) is 13.6. The largest absolute Gasteiger partial charge is 0.507 e. The van der Waals surface area contributed by atoms with Crippen molar-refractivity contribution in [3.63, 3.8) is 0 Å². The van der Waals surface area contributed by atoms with Crippen molar-refractivity contribution in [3.8, 4) is 5.75 Å². The first-order chi connectivity index (χ1) is 20.4. The van der Waals surface area contributed by atoms with Gasteiger partial charge in [-0.05, 0) is 78.0 Å². The minimum atomic E-state index is -1.35. The number of hydrogen-bond donors (Lipinski definition) is 3. The number of thioether (sulfide) groups is 1. The summed E-state index contributed by atoms with van der Waals surface area (Å²) in [6, 6.07) is 10.6. The summed E-state index contributed by atoms with van der Waals surface area (Å²) in [6.45, 7) is 12.0. The molecule has 0 heterocycles. The van der Waals surface area contributed by atoms with Gasteiger partial charge in [0.05, 0.1) is 0 Å². The molecule has 0 bridgehead atoms. The van der Waals surface area contributed by atoms with E-state index in [1.807, 2.05) is 36.6 Å². The number of likely N-dealkylation sites (N-methyl/N-ethyl adjacent to an activating group) is 1. The number of phenols is 1. The lowest BCUT2D eigenvalue weighted by Crippen LogP contribution is -2.54. The molecule has 3 unspecified atom stereocenters. The molecule has 0 aliphatic carbocycles. The highest BCUT2D eigenvalue weighted by Crippen LogP contribution is 2.32. The van der Waals surface area contributed by atoms with Gasteiger partial charge in [-0.25, -0.2) is 9.59 Å². The molecule has 3 atom stereocenters. The maximum Gasteiger partial charge on any atom is 0.408 e. The minimum absolute atomic E-state index is 0.141. The molecule has 0 fully saturated rings. The Morgan fingerprint density at radius 1 is 0.886 bits per heavy atom. The number of carbonyl (C=O) groups is 4. The van der Waals surface area contributed by atoms with Crippen LogP contribution in [-0.4, -0.2) is 76.2 Å². The van der Waals surface area contributed by atoms with Gasteiger partial charge in [0, 0.05) is 19.0 Å². The molecule has 2 aromatic rings. The normalized spacial score (nSPS) is 13.7. The van der Waals surface area contributed by atoms with Crippen LogP contribution in [0.3, 0.4) is 0 Å². The number of nitrogens with one attached hydrogen (secondary N) is 2. The molecule has 2 aromatic carbocycles. The molecule has 44 heavy (non-hydrogen) atoms. The maximum absolute atomic E-state index is 14.1. The third kappa shape index (κ3) is 11.4. The zero-order valence-electron chi connectivity index (χ0n) is 27.2. The van der Waals surface area contributed by atoms with Crippen LogP contribution in [0, 0.1) is 6.92 Å². The maximum atomic E-state index is 14.1. The van der Waals surface area contributed by atoms with E-state index in [0.29, 0.717) is 11.3 Å². The van der Waals surface area contributed by atoms with Gasteiger partial charge in [0.15, 0.2) is 0 Å². The van der Waals surface area contributed by atoms with Crippen LogP contribution in [-0.2, 0) is 30.3 Å². The van der Waals surface area contributed by atoms with E-state index >= 15 is 0 Å². The van der Waals surface area contributed by atoms with Crippen LogP contribution < -0.4 is 10.6 Å². The second kappa shape index (κ2) is 15.8. The molecule has 3 N–H and O–H groups in total. The van der Waals surface area contributed by atoms with Crippen molar-refractivity contribution < 1.29 is 33.8 Å². The van der Waals surface area contributed by atoms with Crippen molar-refractivity contribution in [1.29, 1.82) is 0 Å². The highest BCUT2D eigenvalue weighted by molar-refractivity contribution is 7.98. The summed E-state index contributed by atoms with van der Waals surface area (Å²) in [6.07, 6.45) is 1.52. The van der Waals surface area contributed by atoms with Crippen LogP contribution in [0.1, 0.15) is 70.7 Å². The third-order valence-electron chi connectivity index (χ3n) is 6.44. The number of aryl methyl sites for hydroxylation is 1. The van der Waals surface area contributed by atoms with Crippen molar-refractivity contribution in [2.24, 2.45) is 0 Å². The summed E-state index contributed by atoms with van der Waals surface area (Å²) in [5.41, 5.74) is -0.132. The molecule has 242 valence electrons. The number of nitrogens with zero attached hydrogens (tertiary/aromatic N) is 1. The van der Waals surface area contributed by atoms with Crippen LogP contribution >= 0.6 is 11.8 Å². The smallest absolute Gasteiger partial charge is 0.408 e. The van der Waals surface area contributed by atoms with E-state index in [-0.39, 0.29) is 24.2 Å². The lowest BCUT2D eigenvalue weighted by Gasteiger charge is -2.33. The van der Waals surface area contributed by atoms with E-state index in [9.17, 15) is 24.3 Å². The monoisotopic (exact) mass is 629 g/mol. The minimum Gasteiger partial charge on any atom is -0.507 e. The van der Waals surface area contributed by atoms with E-state index in [4.69, 9.17) is 9.47 Å². The Bertz CT molecular complexity index is 1290. The molecule has 0 spiro atoms. The zero-order valence-corrected chi connectivity index (χ0v) is 28.0. The molecule has 11 heteroatoms. The lowest BCUT2D eigenvalue weighted by molar-refractivity contribution is -0.159. The average Bonchev–Trinajstić information content (AvgIpc) is 2.91. The highest BCUT2D eigenvalue weighted by atomic mass is 32.2. The first-order valence-corrected chi connectivity index (χ1v) is 15.9. The first-order valence-electron chi connectivity index (χ1n) is 14.5. The van der Waals surface area contributed by atoms with Crippen molar-refractivity contribution in [1.82, 2.24) is 15.5 Å². The lowest BCUT2D eigenvalue weighted by atomic mass is 9.98. The van der Waals surface area contributed by atoms with Gasteiger partial charge in [-0.2, -0.15) is 11.8 Å². The number of rotatable bonds is 12. The van der Waals surface area contributed by atoms with E-state index in [1.54, 1.807) is 66.7 Å². The predicted molar refractivity (Wildman–Crippen MR) is 172 cm³/mol. The Labute approximate surface area is 265 Å². The second-order valence-electron chi connectivity index (χ2n) is 12.6. The number of esters is 1. The summed E-state index contributed by atoms with van der Waals surface area (Å²) in [4.78, 5) is 55.2. The zero-order chi connectivity index (χ0) is 33.2. The van der Waals surface area contributed by atoms with Gasteiger partial charge >= 0.3 is 12.1 Å². The molecule has 10 nitrogen and oxygen atoms in total. The molecule has 0 saturated carbocycles. The summed E-state index contributed by atoms with van der Waals surface area (Å²) in [7, 11) is 1.43. The van der Waals surface area contributed by atoms with Crippen LogP contribution in [0.5, 0.6) is 5.75 Å². The molecule has 0 saturated heterocycles. The predicted octanol–water partition coefficient (Wildman–Crippen LogP) is 4.92. The fourth-order valence-corrected chi connectivity index (χ4v) is 4.88. The first kappa shape index (κ1) is 36.5. The topological polar surface area (TPSA) is 134 Å². The summed E-state index contributed by atoms with van der Waals surface area (Å²) < 4.78 is 11.0. The fourth-order valence-electron chi connectivity index (χ4n) is 4.41. The van der Waals surface area contributed by atoms with E-state index in [0.717, 1.165) is 5.56 Å². The standard InChI is InChI=1S/C33H47N3O7S/c1-21-14-13-17-23(27(21)37)26(36(8)29(39)24(18-19-44-9)35-31(41)43-33(5,6)7)28(38)34-25(30(40)42-32(2,3)4)20-22-15-11-10-12-16-22/h10-17,24-26,37H,18-20H2,1-9H3,(H,34,38)(H,35,41). The van der Waals surface area contributed by atoms with E-state index in [1.165, 1.54) is 23.7 Å². The van der Waals surface area contributed by atoms with E-state index in [2.05, 4.69) is 10.6 Å². The average molecular weight is 630 g/mol. The summed E-state index contributed by atoms with van der Waals surface area (Å²) in [5.74, 6) is -1.52. The molecule has 0 radical (unpaired) electrons. The SMILES string of the molecule is CSCCC(NC(=O)OC(C)(C)C)C(=O)N(C)C(C(=O)NC(Cc1ccccc1)C(=O)OC(C)(C)C)c1cccc(C)c1O. The van der Waals surface area contributed by atoms with Gasteiger partial charge in [0.25, 0.3) is 0 Å². The van der Waals surface area contributed by atoms with Crippen LogP contribution in [0.25, 0.3) is 0 Å². The van der Waals surface area contributed by atoms with Crippen LogP contribution in [0.15, 0.2) is 48.5 Å². The quantitative estimate of drug-likeness (QED) is 0.282. The van der Waals surface area contributed by atoms with E-state index < -0.39 is 53.2 Å². The van der Waals surface area contributed by atoms with Crippen molar-refractivity contribution in [3.05, 3.63) is 65.2 Å². The van der Waals surface area contributed by atoms with Crippen LogP contribution in [0.2, 0.25) is 0 Å². The Kier molecular flexibility index (Phi) is 13.1. The van der Waals surface area contributed by atoms with Crippen molar-refractivity contribution in [2.75, 3.05) is 19.1 Å². The Balaban J connectivity index is 2.51. The molecule has 0 aliphatic rings. The van der Waals surface area contributed by atoms with Crippen LogP contribution in [0.4, 0.5) is 4.79 Å². The van der Waals surface area contributed by atoms with Gasteiger partial charge in [-0.3, -0.25) is 9.59 Å². The third-order valence-corrected chi connectivity index (χ3v) is 7.08. The van der Waals surface area contributed by atoms with Crippen molar-refractivity contribution >= 4 is 35.6 Å². The number of ether oxygens (including phenoxy) is 2. The Morgan fingerprint density at radius 3 is 2.07 bits per heavy atom. The Hall–Kier alpha value is -3.73. The molecular weight excluding hydrogens is 582 g/mol. The molecular formula is C33H47N3O7S. The van der Waals surface area contributed by atoms with Gasteiger partial charge in [-0.15, -0.1) is 0 Å². The number of benzene rings is 2. The number of phenolic OH excluding ortho intramolecular Hbond substituents is 1. The molecule has 3 amide bonds. The fraction of sp³-hybridized carbons (Fsp3) is 0.515. The Morgan fingerprint density at radius 2 is 1.50 bits per heavy atom. The highest BCUT2D eigenvalue weighted by Gasteiger charge is 2.37. The molecule has 2 rings (SSSR count). The number of para-hydroxylation sites is 1. The number of amides is 3. The van der Waals surface area contributed by atoms with Gasteiger partial charge in [0.2, 0.25) is 11.8 Å².